The largest absolute Gasteiger partial charge is 0.408 e. The van der Waals surface area contributed by atoms with Crippen LogP contribution in [0.5, 0.6) is 0 Å². The Bertz CT molecular complexity index is 350. The van der Waals surface area contributed by atoms with Gasteiger partial charge in [-0.25, -0.2) is 0 Å². The summed E-state index contributed by atoms with van der Waals surface area (Å²) >= 11 is 0. The van der Waals surface area contributed by atoms with Gasteiger partial charge in [0.2, 0.25) is 11.8 Å². The molecule has 0 aliphatic carbocycles. The predicted octanol–water partition coefficient (Wildman–Crippen LogP) is -0.103. The molecule has 7 heteroatoms. The van der Waals surface area contributed by atoms with E-state index in [4.69, 9.17) is 10.2 Å². The Hall–Kier alpha value is -1.63. The Balaban J connectivity index is 2.23. The van der Waals surface area contributed by atoms with E-state index in [0.717, 1.165) is 0 Å². The van der Waals surface area contributed by atoms with Crippen molar-refractivity contribution in [1.29, 1.82) is 0 Å². The van der Waals surface area contributed by atoms with Gasteiger partial charge in [0, 0.05) is 32.0 Å². The third kappa shape index (κ3) is 5.30. The molecule has 1 amide bonds. The number of nitrogens with zero attached hydrogens (tertiary/aromatic N) is 2. The molecule has 1 rings (SSSR count). The average molecular weight is 241 g/mol. The van der Waals surface area contributed by atoms with Crippen molar-refractivity contribution in [1.82, 2.24) is 15.5 Å². The smallest absolute Gasteiger partial charge is 0.315 e. The second kappa shape index (κ2) is 6.85. The van der Waals surface area contributed by atoms with Crippen LogP contribution in [-0.4, -0.2) is 35.2 Å². The van der Waals surface area contributed by atoms with Gasteiger partial charge in [0.15, 0.2) is 0 Å². The van der Waals surface area contributed by atoms with E-state index in [0.29, 0.717) is 37.8 Å². The first-order valence-electron chi connectivity index (χ1n) is 5.67. The summed E-state index contributed by atoms with van der Waals surface area (Å²) in [5.41, 5.74) is 5.35. The number of carbonyl (C=O) groups excluding carboxylic acids is 1. The summed E-state index contributed by atoms with van der Waals surface area (Å²) in [5, 5.41) is 13.2. The lowest BCUT2D eigenvalue weighted by Crippen LogP contribution is -2.31. The summed E-state index contributed by atoms with van der Waals surface area (Å²) in [4.78, 5) is 11.3. The zero-order valence-electron chi connectivity index (χ0n) is 10.2. The van der Waals surface area contributed by atoms with E-state index in [-0.39, 0.29) is 11.9 Å². The first-order valence-corrected chi connectivity index (χ1v) is 5.67. The molecule has 0 fully saturated rings. The number of anilines is 1. The SMILES string of the molecule is CC(C)NC(=O)CCNc1nnc(CCN)o1. The van der Waals surface area contributed by atoms with Crippen molar-refractivity contribution in [2.45, 2.75) is 32.7 Å². The number of carbonyl (C=O) groups is 1. The number of rotatable bonds is 7. The number of amides is 1. The Morgan fingerprint density at radius 2 is 2.24 bits per heavy atom. The third-order valence-electron chi connectivity index (χ3n) is 1.90. The maximum absolute atomic E-state index is 11.3. The van der Waals surface area contributed by atoms with Crippen molar-refractivity contribution in [2.24, 2.45) is 5.73 Å². The van der Waals surface area contributed by atoms with E-state index in [1.807, 2.05) is 13.8 Å². The molecule has 1 heterocycles. The van der Waals surface area contributed by atoms with Crippen molar-refractivity contribution < 1.29 is 9.21 Å². The van der Waals surface area contributed by atoms with Crippen molar-refractivity contribution in [3.63, 3.8) is 0 Å². The zero-order valence-corrected chi connectivity index (χ0v) is 10.2. The van der Waals surface area contributed by atoms with Gasteiger partial charge in [0.05, 0.1) is 0 Å². The Labute approximate surface area is 100 Å². The Morgan fingerprint density at radius 1 is 1.47 bits per heavy atom. The van der Waals surface area contributed by atoms with Crippen LogP contribution in [0.4, 0.5) is 6.01 Å². The number of nitrogens with two attached hydrogens (primary N) is 1. The van der Waals surface area contributed by atoms with Gasteiger partial charge in [-0.2, -0.15) is 0 Å². The minimum absolute atomic E-state index is 0.00537. The molecule has 0 aliphatic rings. The van der Waals surface area contributed by atoms with Gasteiger partial charge >= 0.3 is 6.01 Å². The molecule has 0 saturated heterocycles. The van der Waals surface area contributed by atoms with Gasteiger partial charge in [-0.1, -0.05) is 5.10 Å². The quantitative estimate of drug-likeness (QED) is 0.615. The molecule has 0 unspecified atom stereocenters. The molecule has 7 nitrogen and oxygen atoms in total. The highest BCUT2D eigenvalue weighted by Crippen LogP contribution is 2.05. The molecular weight excluding hydrogens is 222 g/mol. The molecule has 4 N–H and O–H groups in total. The van der Waals surface area contributed by atoms with Crippen molar-refractivity contribution in [2.75, 3.05) is 18.4 Å². The van der Waals surface area contributed by atoms with E-state index in [1.54, 1.807) is 0 Å². The minimum atomic E-state index is -0.00537. The van der Waals surface area contributed by atoms with E-state index in [1.165, 1.54) is 0 Å². The highest BCUT2D eigenvalue weighted by Gasteiger charge is 2.06. The van der Waals surface area contributed by atoms with E-state index in [9.17, 15) is 4.79 Å². The van der Waals surface area contributed by atoms with Gasteiger partial charge in [-0.3, -0.25) is 4.79 Å². The van der Waals surface area contributed by atoms with Crippen LogP contribution in [-0.2, 0) is 11.2 Å². The van der Waals surface area contributed by atoms with Gasteiger partial charge < -0.3 is 20.8 Å². The number of nitrogens with one attached hydrogen (secondary N) is 2. The monoisotopic (exact) mass is 241 g/mol. The molecule has 0 spiro atoms. The fraction of sp³-hybridized carbons (Fsp3) is 0.700. The first-order chi connectivity index (χ1) is 8.11. The molecule has 0 atom stereocenters. The molecule has 17 heavy (non-hydrogen) atoms. The lowest BCUT2D eigenvalue weighted by Gasteiger charge is -2.07. The highest BCUT2D eigenvalue weighted by molar-refractivity contribution is 5.76. The molecule has 1 aromatic rings. The maximum atomic E-state index is 11.3. The van der Waals surface area contributed by atoms with Crippen LogP contribution in [0.25, 0.3) is 0 Å². The van der Waals surface area contributed by atoms with Gasteiger partial charge in [0.1, 0.15) is 0 Å². The normalized spacial score (nSPS) is 10.6. The van der Waals surface area contributed by atoms with Gasteiger partial charge in [0.25, 0.3) is 0 Å². The fourth-order valence-corrected chi connectivity index (χ4v) is 1.23. The average Bonchev–Trinajstić information content (AvgIpc) is 2.65. The molecule has 0 aliphatic heterocycles. The van der Waals surface area contributed by atoms with Crippen LogP contribution in [0.1, 0.15) is 26.2 Å². The number of hydrogen-bond acceptors (Lipinski definition) is 6. The molecule has 0 saturated carbocycles. The van der Waals surface area contributed by atoms with Crippen LogP contribution in [0.2, 0.25) is 0 Å². The van der Waals surface area contributed by atoms with Crippen LogP contribution in [0.3, 0.4) is 0 Å². The summed E-state index contributed by atoms with van der Waals surface area (Å²) in [6.07, 6.45) is 0.926. The third-order valence-corrected chi connectivity index (χ3v) is 1.90. The standard InChI is InChI=1S/C10H19N5O2/c1-7(2)13-8(16)4-6-12-10-15-14-9(17-10)3-5-11/h7H,3-6,11H2,1-2H3,(H,12,15)(H,13,16). The lowest BCUT2D eigenvalue weighted by molar-refractivity contribution is -0.121. The van der Waals surface area contributed by atoms with Crippen LogP contribution < -0.4 is 16.4 Å². The van der Waals surface area contributed by atoms with E-state index < -0.39 is 0 Å². The zero-order chi connectivity index (χ0) is 12.7. The Kier molecular flexibility index (Phi) is 5.41. The number of aromatic nitrogens is 2. The molecular formula is C10H19N5O2. The first kappa shape index (κ1) is 13.4. The summed E-state index contributed by atoms with van der Waals surface area (Å²) < 4.78 is 5.24. The predicted molar refractivity (Wildman–Crippen MR) is 63.4 cm³/mol. The molecule has 96 valence electrons. The number of hydrogen-bond donors (Lipinski definition) is 3. The lowest BCUT2D eigenvalue weighted by atomic mass is 10.3. The minimum Gasteiger partial charge on any atom is -0.408 e. The topological polar surface area (TPSA) is 106 Å². The molecule has 0 aromatic carbocycles. The van der Waals surface area contributed by atoms with Crippen molar-refractivity contribution in [3.8, 4) is 0 Å². The molecule has 0 radical (unpaired) electrons. The summed E-state index contributed by atoms with van der Waals surface area (Å²) in [5.74, 6) is 0.496. The maximum Gasteiger partial charge on any atom is 0.315 e. The van der Waals surface area contributed by atoms with Crippen LogP contribution in [0.15, 0.2) is 4.42 Å². The van der Waals surface area contributed by atoms with Crippen molar-refractivity contribution in [3.05, 3.63) is 5.89 Å². The summed E-state index contributed by atoms with van der Waals surface area (Å²) in [7, 11) is 0. The van der Waals surface area contributed by atoms with E-state index in [2.05, 4.69) is 20.8 Å². The van der Waals surface area contributed by atoms with Gasteiger partial charge in [-0.05, 0) is 13.8 Å². The highest BCUT2D eigenvalue weighted by atomic mass is 16.4. The second-order valence-corrected chi connectivity index (χ2v) is 3.94. The summed E-state index contributed by atoms with van der Waals surface area (Å²) in [6, 6.07) is 0.479. The summed E-state index contributed by atoms with van der Waals surface area (Å²) in [6.45, 7) is 4.77. The molecule has 0 bridgehead atoms. The Morgan fingerprint density at radius 3 is 2.88 bits per heavy atom. The molecule has 1 aromatic heterocycles. The van der Waals surface area contributed by atoms with Crippen LogP contribution in [0, 0.1) is 0 Å². The van der Waals surface area contributed by atoms with E-state index >= 15 is 0 Å². The van der Waals surface area contributed by atoms with Crippen molar-refractivity contribution >= 4 is 11.9 Å². The van der Waals surface area contributed by atoms with Crippen LogP contribution >= 0.6 is 0 Å². The fourth-order valence-electron chi connectivity index (χ4n) is 1.23. The van der Waals surface area contributed by atoms with Gasteiger partial charge in [-0.15, -0.1) is 5.10 Å². The second-order valence-electron chi connectivity index (χ2n) is 3.94.